The Bertz CT molecular complexity index is 51.8. The van der Waals surface area contributed by atoms with Gasteiger partial charge in [-0.2, -0.15) is 0 Å². The number of hydrogen-bond donors (Lipinski definition) is 1. The van der Waals surface area contributed by atoms with E-state index in [2.05, 4.69) is 4.62 Å². The summed E-state index contributed by atoms with van der Waals surface area (Å²) in [5.41, 5.74) is 0. The molecule has 0 aromatic rings. The molecule has 9 heavy (non-hydrogen) atoms. The molecule has 0 amide bonds. The molecule has 0 saturated heterocycles. The van der Waals surface area contributed by atoms with Crippen LogP contribution in [0.3, 0.4) is 0 Å². The van der Waals surface area contributed by atoms with E-state index in [9.17, 15) is 0 Å². The topological polar surface area (TPSA) is 119 Å². The van der Waals surface area contributed by atoms with Gasteiger partial charge < -0.3 is 16.3 Å². The molecule has 0 spiro atoms. The molecule has 0 aromatic carbocycles. The van der Waals surface area contributed by atoms with E-state index in [0.717, 1.165) is 0 Å². The van der Waals surface area contributed by atoms with E-state index in [-0.39, 0.29) is 114 Å². The van der Waals surface area contributed by atoms with Crippen LogP contribution in [0.5, 0.6) is 0 Å². The molecule has 0 heterocycles. The number of rotatable bonds is 1. The second kappa shape index (κ2) is 22.4. The molecule has 1 atom stereocenters. The Morgan fingerprint density at radius 2 is 1.56 bits per heavy atom. The Hall–Kier alpha value is 2.82. The monoisotopic (exact) mass is 210 g/mol. The molecule has 0 aliphatic heterocycles. The minimum absolute atomic E-state index is 0. The van der Waals surface area contributed by atoms with Crippen LogP contribution >= 0.6 is 9.47 Å². The molecule has 5 N–H and O–H groups in total. The molecular formula is H9K2N2O4P. The second-order valence-corrected chi connectivity index (χ2v) is 0.540. The van der Waals surface area contributed by atoms with Crippen molar-refractivity contribution < 1.29 is 15.2 Å². The van der Waals surface area contributed by atoms with Crippen LogP contribution in [-0.4, -0.2) is 113 Å². The summed E-state index contributed by atoms with van der Waals surface area (Å²) in [4.78, 5) is 8.93. The van der Waals surface area contributed by atoms with Crippen molar-refractivity contribution in [2.75, 3.05) is 0 Å². The van der Waals surface area contributed by atoms with Crippen molar-refractivity contribution in [3.05, 3.63) is 10.1 Å². The first-order valence-corrected chi connectivity index (χ1v) is 1.25. The molecule has 0 aromatic heterocycles. The van der Waals surface area contributed by atoms with Crippen molar-refractivity contribution in [2.24, 2.45) is 0 Å². The summed E-state index contributed by atoms with van der Waals surface area (Å²) >= 11 is 0. The minimum atomic E-state index is -0.912. The van der Waals surface area contributed by atoms with E-state index in [4.69, 9.17) is 10.1 Å². The van der Waals surface area contributed by atoms with Gasteiger partial charge in [0.2, 0.25) is 0 Å². The van der Waals surface area contributed by atoms with Crippen LogP contribution in [0.2, 0.25) is 0 Å². The van der Waals surface area contributed by atoms with Crippen LogP contribution in [0.15, 0.2) is 0 Å². The van der Waals surface area contributed by atoms with E-state index in [1.54, 1.807) is 0 Å². The summed E-state index contributed by atoms with van der Waals surface area (Å²) in [6.45, 7) is 0. The first-order chi connectivity index (χ1) is 2.27. The Labute approximate surface area is 140 Å². The zero-order valence-electron chi connectivity index (χ0n) is 3.46. The van der Waals surface area contributed by atoms with Gasteiger partial charge in [0.25, 0.3) is 5.09 Å². The summed E-state index contributed by atoms with van der Waals surface area (Å²) in [6.07, 6.45) is 0. The zero-order valence-corrected chi connectivity index (χ0v) is 4.61. The molecule has 0 radical (unpaired) electrons. The van der Waals surface area contributed by atoms with Crippen LogP contribution in [0, 0.1) is 10.1 Å². The van der Waals surface area contributed by atoms with Crippen molar-refractivity contribution in [3.8, 4) is 0 Å². The van der Waals surface area contributed by atoms with Gasteiger partial charge in [0.1, 0.15) is 0 Å². The zero-order chi connectivity index (χ0) is 4.28. The van der Waals surface area contributed by atoms with Gasteiger partial charge in [-0.3, -0.25) is 0 Å². The molecular weight excluding hydrogens is 201 g/mol. The van der Waals surface area contributed by atoms with Crippen LogP contribution in [0.25, 0.3) is 0 Å². The Balaban J connectivity index is -0.0000000133. The van der Waals surface area contributed by atoms with E-state index in [0.29, 0.717) is 0 Å². The van der Waals surface area contributed by atoms with Gasteiger partial charge in [0.15, 0.2) is 0 Å². The van der Waals surface area contributed by atoms with Crippen molar-refractivity contribution in [1.82, 2.24) is 6.15 Å². The van der Waals surface area contributed by atoms with E-state index in [1.807, 2.05) is 0 Å². The Morgan fingerprint density at radius 3 is 1.56 bits per heavy atom. The predicted molar refractivity (Wildman–Crippen MR) is 40.7 cm³/mol. The van der Waals surface area contributed by atoms with E-state index in [1.165, 1.54) is 9.47 Å². The average Bonchev–Trinajstić information content (AvgIpc) is 1.38. The summed E-state index contributed by atoms with van der Waals surface area (Å²) in [6, 6.07) is 0. The molecule has 0 bridgehead atoms. The van der Waals surface area contributed by atoms with Gasteiger partial charge >= 0.3 is 103 Å². The third-order valence-corrected chi connectivity index (χ3v) is 0.258. The van der Waals surface area contributed by atoms with Gasteiger partial charge in [-0.05, 0) is 0 Å². The molecule has 9 heteroatoms. The van der Waals surface area contributed by atoms with Crippen LogP contribution in [0.1, 0.15) is 0 Å². The predicted octanol–water partition coefficient (Wildman–Crippen LogP) is -1.97. The molecule has 0 rings (SSSR count). The molecule has 0 aliphatic rings. The summed E-state index contributed by atoms with van der Waals surface area (Å²) in [5.74, 6) is 0. The Kier molecular flexibility index (Phi) is 74.2. The molecule has 1 unspecified atom stereocenters. The quantitative estimate of drug-likeness (QED) is 0.233. The van der Waals surface area contributed by atoms with Gasteiger partial charge in [0.05, 0.1) is 9.47 Å². The first kappa shape index (κ1) is 29.7. The van der Waals surface area contributed by atoms with E-state index >= 15 is 0 Å². The van der Waals surface area contributed by atoms with Gasteiger partial charge in [-0.15, -0.1) is 10.1 Å². The number of nitrogens with zero attached hydrogens (tertiary/aromatic N) is 1. The molecule has 6 nitrogen and oxygen atoms in total. The third kappa shape index (κ3) is 36.2. The Morgan fingerprint density at radius 1 is 1.44 bits per heavy atom. The average molecular weight is 210 g/mol. The van der Waals surface area contributed by atoms with Crippen molar-refractivity contribution in [1.29, 1.82) is 0 Å². The van der Waals surface area contributed by atoms with Crippen LogP contribution in [0.4, 0.5) is 0 Å². The normalized spacial score (nSPS) is 3.67. The fourth-order valence-electron chi connectivity index (χ4n) is 0. The summed E-state index contributed by atoms with van der Waals surface area (Å²) in [5, 5.41) is 8.02. The van der Waals surface area contributed by atoms with Gasteiger partial charge in [0, 0.05) is 0 Å². The summed E-state index contributed by atoms with van der Waals surface area (Å²) < 4.78 is 3.39. The van der Waals surface area contributed by atoms with Crippen molar-refractivity contribution in [3.63, 3.8) is 0 Å². The molecule has 50 valence electrons. The SMILES string of the molecule is N.O.O=[N+]([O-])OP.[KH].[KH]. The fraction of sp³-hybridized carbons (Fsp3) is 0. The fourth-order valence-corrected chi connectivity index (χ4v) is 0. The van der Waals surface area contributed by atoms with E-state index < -0.39 is 5.09 Å². The first-order valence-electron chi connectivity index (χ1n) is 0.783. The second-order valence-electron chi connectivity index (χ2n) is 0.329. The van der Waals surface area contributed by atoms with Crippen LogP contribution < -0.4 is 6.15 Å². The third-order valence-electron chi connectivity index (χ3n) is 0.0861. The molecule has 0 saturated carbocycles. The van der Waals surface area contributed by atoms with Crippen LogP contribution in [-0.2, 0) is 4.62 Å². The number of hydrogen-bond acceptors (Lipinski definition) is 4. The van der Waals surface area contributed by atoms with Crippen molar-refractivity contribution in [2.45, 2.75) is 0 Å². The van der Waals surface area contributed by atoms with Gasteiger partial charge in [-0.25, -0.2) is 0 Å². The molecule has 0 aliphatic carbocycles. The molecule has 0 fully saturated rings. The summed E-state index contributed by atoms with van der Waals surface area (Å²) in [7, 11) is 1.50. The van der Waals surface area contributed by atoms with Crippen molar-refractivity contribution >= 4 is 112 Å². The van der Waals surface area contributed by atoms with Gasteiger partial charge in [-0.1, -0.05) is 0 Å². The standard InChI is InChI=1S/2K.H2NO3P.H3N.H2O.2H/c;;2-1(3)4-5;;;;/h;;5H2;1H3;1H2;;. The maximum atomic E-state index is 8.93. The maximum absolute atomic E-state index is 8.93.